The first-order chi connectivity index (χ1) is 7.06. The maximum atomic E-state index is 11.1. The Morgan fingerprint density at radius 1 is 1.73 bits per heavy atom. The molecular formula is C10H20N2O3. The van der Waals surface area contributed by atoms with Crippen LogP contribution in [0, 0.1) is 0 Å². The summed E-state index contributed by atoms with van der Waals surface area (Å²) in [7, 11) is 3.31. The number of esters is 1. The average Bonchev–Trinajstić information content (AvgIpc) is 2.63. The van der Waals surface area contributed by atoms with Crippen LogP contribution in [-0.4, -0.2) is 56.4 Å². The van der Waals surface area contributed by atoms with Crippen LogP contribution in [0.15, 0.2) is 0 Å². The summed E-state index contributed by atoms with van der Waals surface area (Å²) in [4.78, 5) is 13.2. The van der Waals surface area contributed by atoms with Gasteiger partial charge in [-0.25, -0.2) is 0 Å². The molecule has 1 rings (SSSR count). The van der Waals surface area contributed by atoms with Gasteiger partial charge in [0.1, 0.15) is 6.04 Å². The highest BCUT2D eigenvalue weighted by Gasteiger charge is 2.29. The van der Waals surface area contributed by atoms with Gasteiger partial charge in [0.05, 0.1) is 13.2 Å². The molecule has 0 bridgehead atoms. The first-order valence-corrected chi connectivity index (χ1v) is 5.21. The normalized spacial score (nSPS) is 28.1. The Morgan fingerprint density at radius 3 is 2.87 bits per heavy atom. The molecule has 1 saturated heterocycles. The zero-order valence-electron chi connectivity index (χ0n) is 9.60. The summed E-state index contributed by atoms with van der Waals surface area (Å²) in [5.41, 5.74) is 5.68. The van der Waals surface area contributed by atoms with E-state index in [9.17, 15) is 4.79 Å². The second kappa shape index (κ2) is 5.44. The molecule has 3 atom stereocenters. The Labute approximate surface area is 90.5 Å². The van der Waals surface area contributed by atoms with Crippen molar-refractivity contribution in [3.8, 4) is 0 Å². The maximum Gasteiger partial charge on any atom is 0.323 e. The highest BCUT2D eigenvalue weighted by molar-refractivity contribution is 5.75. The quantitative estimate of drug-likeness (QED) is 0.648. The molecule has 0 spiro atoms. The van der Waals surface area contributed by atoms with E-state index in [1.54, 1.807) is 0 Å². The van der Waals surface area contributed by atoms with Gasteiger partial charge in [-0.2, -0.15) is 0 Å². The topological polar surface area (TPSA) is 64.8 Å². The van der Waals surface area contributed by atoms with Gasteiger partial charge in [-0.15, -0.1) is 0 Å². The number of nitrogens with zero attached hydrogens (tertiary/aromatic N) is 1. The number of hydrogen-bond acceptors (Lipinski definition) is 5. The van der Waals surface area contributed by atoms with Crippen LogP contribution < -0.4 is 5.73 Å². The molecule has 88 valence electrons. The van der Waals surface area contributed by atoms with E-state index in [0.29, 0.717) is 12.6 Å². The van der Waals surface area contributed by atoms with Gasteiger partial charge in [0.25, 0.3) is 0 Å². The average molecular weight is 216 g/mol. The fourth-order valence-corrected chi connectivity index (χ4v) is 1.97. The van der Waals surface area contributed by atoms with Crippen LogP contribution in [0.1, 0.15) is 13.3 Å². The van der Waals surface area contributed by atoms with Gasteiger partial charge in [0.2, 0.25) is 0 Å². The molecule has 1 aliphatic heterocycles. The number of likely N-dealkylation sites (N-methyl/N-ethyl adjacent to an activating group) is 1. The smallest absolute Gasteiger partial charge is 0.323 e. The van der Waals surface area contributed by atoms with Gasteiger partial charge in [-0.1, -0.05) is 0 Å². The standard InChI is InChI=1S/C10H20N2O3/c1-7-9(4-5-15-7)12(2)6-8(11)10(13)14-3/h7-9H,4-6,11H2,1-3H3. The van der Waals surface area contributed by atoms with Crippen LogP contribution >= 0.6 is 0 Å². The van der Waals surface area contributed by atoms with Crippen molar-refractivity contribution in [2.45, 2.75) is 31.5 Å². The molecule has 2 N–H and O–H groups in total. The fourth-order valence-electron chi connectivity index (χ4n) is 1.97. The van der Waals surface area contributed by atoms with E-state index < -0.39 is 6.04 Å². The Kier molecular flexibility index (Phi) is 4.50. The molecular weight excluding hydrogens is 196 g/mol. The molecule has 5 heteroatoms. The third kappa shape index (κ3) is 3.15. The lowest BCUT2D eigenvalue weighted by atomic mass is 10.1. The molecule has 1 aliphatic rings. The van der Waals surface area contributed by atoms with E-state index in [1.165, 1.54) is 7.11 Å². The highest BCUT2D eigenvalue weighted by atomic mass is 16.5. The van der Waals surface area contributed by atoms with Crippen molar-refractivity contribution < 1.29 is 14.3 Å². The minimum absolute atomic E-state index is 0.208. The number of methoxy groups -OCH3 is 1. The van der Waals surface area contributed by atoms with Crippen LogP contribution in [0.25, 0.3) is 0 Å². The number of carbonyl (C=O) groups is 1. The summed E-state index contributed by atoms with van der Waals surface area (Å²) in [5, 5.41) is 0. The lowest BCUT2D eigenvalue weighted by Gasteiger charge is -2.28. The van der Waals surface area contributed by atoms with Gasteiger partial charge in [0, 0.05) is 19.2 Å². The van der Waals surface area contributed by atoms with Gasteiger partial charge >= 0.3 is 5.97 Å². The lowest BCUT2D eigenvalue weighted by Crippen LogP contribution is -2.47. The van der Waals surface area contributed by atoms with Gasteiger partial charge in [-0.05, 0) is 20.4 Å². The van der Waals surface area contributed by atoms with E-state index in [1.807, 2.05) is 14.0 Å². The summed E-state index contributed by atoms with van der Waals surface area (Å²) < 4.78 is 10.0. The summed E-state index contributed by atoms with van der Waals surface area (Å²) >= 11 is 0. The first kappa shape index (κ1) is 12.4. The number of ether oxygens (including phenoxy) is 2. The van der Waals surface area contributed by atoms with Crippen molar-refractivity contribution in [3.05, 3.63) is 0 Å². The molecule has 3 unspecified atom stereocenters. The number of carbonyl (C=O) groups excluding carboxylic acids is 1. The molecule has 0 aliphatic carbocycles. The van der Waals surface area contributed by atoms with Crippen molar-refractivity contribution in [1.82, 2.24) is 4.90 Å². The molecule has 0 aromatic rings. The molecule has 0 aromatic carbocycles. The van der Waals surface area contributed by atoms with Crippen LogP contribution in [0.3, 0.4) is 0 Å². The Hall–Kier alpha value is -0.650. The Bertz CT molecular complexity index is 223. The molecule has 0 saturated carbocycles. The summed E-state index contributed by atoms with van der Waals surface area (Å²) in [6, 6.07) is -0.228. The minimum Gasteiger partial charge on any atom is -0.468 e. The van der Waals surface area contributed by atoms with Crippen molar-refractivity contribution in [1.29, 1.82) is 0 Å². The van der Waals surface area contributed by atoms with Crippen molar-refractivity contribution >= 4 is 5.97 Å². The molecule has 0 radical (unpaired) electrons. The Balaban J connectivity index is 2.40. The maximum absolute atomic E-state index is 11.1. The number of rotatable bonds is 4. The second-order valence-corrected chi connectivity index (χ2v) is 4.00. The molecule has 0 aromatic heterocycles. The third-order valence-electron chi connectivity index (χ3n) is 2.89. The lowest BCUT2D eigenvalue weighted by molar-refractivity contribution is -0.142. The third-order valence-corrected chi connectivity index (χ3v) is 2.89. The van der Waals surface area contributed by atoms with Gasteiger partial charge < -0.3 is 15.2 Å². The molecule has 15 heavy (non-hydrogen) atoms. The van der Waals surface area contributed by atoms with Crippen LogP contribution in [0.2, 0.25) is 0 Å². The Morgan fingerprint density at radius 2 is 2.40 bits per heavy atom. The van der Waals surface area contributed by atoms with Crippen LogP contribution in [0.4, 0.5) is 0 Å². The van der Waals surface area contributed by atoms with E-state index in [2.05, 4.69) is 9.64 Å². The zero-order valence-corrected chi connectivity index (χ0v) is 9.60. The highest BCUT2D eigenvalue weighted by Crippen LogP contribution is 2.18. The second-order valence-electron chi connectivity index (χ2n) is 4.00. The van der Waals surface area contributed by atoms with Crippen LogP contribution in [0.5, 0.6) is 0 Å². The molecule has 5 nitrogen and oxygen atoms in total. The van der Waals surface area contributed by atoms with E-state index >= 15 is 0 Å². The van der Waals surface area contributed by atoms with E-state index in [4.69, 9.17) is 10.5 Å². The fraction of sp³-hybridized carbons (Fsp3) is 0.900. The molecule has 1 fully saturated rings. The number of hydrogen-bond donors (Lipinski definition) is 1. The number of nitrogens with two attached hydrogens (primary N) is 1. The van der Waals surface area contributed by atoms with Gasteiger partial charge in [-0.3, -0.25) is 9.69 Å². The summed E-state index contributed by atoms with van der Waals surface area (Å²) in [6.07, 6.45) is 1.20. The van der Waals surface area contributed by atoms with Crippen molar-refractivity contribution in [3.63, 3.8) is 0 Å². The van der Waals surface area contributed by atoms with Crippen molar-refractivity contribution in [2.75, 3.05) is 27.3 Å². The predicted octanol–water partition coefficient (Wildman–Crippen LogP) is -0.404. The van der Waals surface area contributed by atoms with E-state index in [-0.39, 0.29) is 12.1 Å². The first-order valence-electron chi connectivity index (χ1n) is 5.21. The minimum atomic E-state index is -0.576. The van der Waals surface area contributed by atoms with E-state index in [0.717, 1.165) is 13.0 Å². The van der Waals surface area contributed by atoms with Crippen LogP contribution in [-0.2, 0) is 14.3 Å². The summed E-state index contributed by atoms with van der Waals surface area (Å²) in [6.45, 7) is 3.33. The predicted molar refractivity (Wildman–Crippen MR) is 56.4 cm³/mol. The SMILES string of the molecule is COC(=O)C(N)CN(C)C1CCOC1C. The van der Waals surface area contributed by atoms with Crippen molar-refractivity contribution in [2.24, 2.45) is 5.73 Å². The summed E-state index contributed by atoms with van der Waals surface area (Å²) in [5.74, 6) is -0.367. The molecule has 1 heterocycles. The molecule has 0 amide bonds. The largest absolute Gasteiger partial charge is 0.468 e. The zero-order chi connectivity index (χ0) is 11.4. The monoisotopic (exact) mass is 216 g/mol. The van der Waals surface area contributed by atoms with Gasteiger partial charge in [0.15, 0.2) is 0 Å².